The molecule has 120 valence electrons. The summed E-state index contributed by atoms with van der Waals surface area (Å²) in [7, 11) is 0. The van der Waals surface area contributed by atoms with Crippen molar-refractivity contribution in [1.82, 2.24) is 0 Å². The van der Waals surface area contributed by atoms with Crippen molar-refractivity contribution in [3.63, 3.8) is 0 Å². The van der Waals surface area contributed by atoms with Crippen LogP contribution in [0.1, 0.15) is 38.3 Å². The first-order valence-corrected chi connectivity index (χ1v) is 7.43. The first-order chi connectivity index (χ1) is 10.4. The number of anilines is 1. The van der Waals surface area contributed by atoms with Gasteiger partial charge >= 0.3 is 5.97 Å². The average molecular weight is 306 g/mol. The van der Waals surface area contributed by atoms with E-state index in [-0.39, 0.29) is 31.5 Å². The predicted octanol–water partition coefficient (Wildman–Crippen LogP) is 1.93. The van der Waals surface area contributed by atoms with Crippen molar-refractivity contribution in [3.05, 3.63) is 23.8 Å². The van der Waals surface area contributed by atoms with Gasteiger partial charge in [0.05, 0.1) is 12.1 Å². The minimum atomic E-state index is -0.937. The number of carboxylic acid groups (broad SMARTS) is 1. The number of hydrogen-bond donors (Lipinski definition) is 2. The van der Waals surface area contributed by atoms with Gasteiger partial charge in [-0.2, -0.15) is 0 Å². The van der Waals surface area contributed by atoms with Crippen LogP contribution in [0.25, 0.3) is 0 Å². The molecule has 1 atom stereocenters. The van der Waals surface area contributed by atoms with Gasteiger partial charge in [0, 0.05) is 12.6 Å². The summed E-state index contributed by atoms with van der Waals surface area (Å²) >= 11 is 0. The number of amides is 1. The quantitative estimate of drug-likeness (QED) is 0.837. The molecule has 1 aliphatic heterocycles. The van der Waals surface area contributed by atoms with Gasteiger partial charge in [0.1, 0.15) is 5.75 Å². The number of benzene rings is 1. The van der Waals surface area contributed by atoms with Gasteiger partial charge in [-0.05, 0) is 30.0 Å². The van der Waals surface area contributed by atoms with E-state index in [9.17, 15) is 9.59 Å². The van der Waals surface area contributed by atoms with Crippen molar-refractivity contribution in [1.29, 1.82) is 0 Å². The van der Waals surface area contributed by atoms with E-state index in [1.165, 1.54) is 4.90 Å². The smallest absolute Gasteiger partial charge is 0.305 e. The number of carboxylic acids is 1. The predicted molar refractivity (Wildman–Crippen MR) is 82.9 cm³/mol. The maximum Gasteiger partial charge on any atom is 0.305 e. The van der Waals surface area contributed by atoms with E-state index in [1.807, 2.05) is 12.1 Å². The summed E-state index contributed by atoms with van der Waals surface area (Å²) in [5.41, 5.74) is 7.72. The van der Waals surface area contributed by atoms with Crippen molar-refractivity contribution >= 4 is 17.6 Å². The highest BCUT2D eigenvalue weighted by Gasteiger charge is 2.26. The molecule has 0 aromatic heterocycles. The van der Waals surface area contributed by atoms with Crippen molar-refractivity contribution < 1.29 is 19.4 Å². The first-order valence-electron chi connectivity index (χ1n) is 7.43. The molecule has 22 heavy (non-hydrogen) atoms. The van der Waals surface area contributed by atoms with Gasteiger partial charge in [0.25, 0.3) is 5.91 Å². The van der Waals surface area contributed by atoms with Gasteiger partial charge in [-0.15, -0.1) is 0 Å². The van der Waals surface area contributed by atoms with Crippen LogP contribution in [0.15, 0.2) is 18.2 Å². The molecule has 1 unspecified atom stereocenters. The van der Waals surface area contributed by atoms with Crippen molar-refractivity contribution in [2.45, 2.75) is 32.7 Å². The summed E-state index contributed by atoms with van der Waals surface area (Å²) in [6.07, 6.45) is 0.732. The third-order valence-corrected chi connectivity index (χ3v) is 3.63. The molecule has 1 aromatic rings. The molecule has 1 amide bonds. The Hall–Kier alpha value is -2.08. The number of hydrogen-bond acceptors (Lipinski definition) is 4. The van der Waals surface area contributed by atoms with Gasteiger partial charge in [-0.3, -0.25) is 9.59 Å². The van der Waals surface area contributed by atoms with E-state index < -0.39 is 5.97 Å². The summed E-state index contributed by atoms with van der Waals surface area (Å²) in [4.78, 5) is 24.2. The van der Waals surface area contributed by atoms with Crippen LogP contribution in [-0.4, -0.2) is 30.1 Å². The summed E-state index contributed by atoms with van der Waals surface area (Å²) in [5.74, 6) is -0.116. The molecular formula is C16H22N2O4. The molecule has 1 heterocycles. The lowest BCUT2D eigenvalue weighted by Crippen LogP contribution is -2.40. The van der Waals surface area contributed by atoms with E-state index >= 15 is 0 Å². The normalized spacial score (nSPS) is 15.5. The number of carbonyl (C=O) groups excluding carboxylic acids is 1. The van der Waals surface area contributed by atoms with Gasteiger partial charge in [-0.25, -0.2) is 0 Å². The van der Waals surface area contributed by atoms with E-state index in [1.54, 1.807) is 6.07 Å². The first kappa shape index (κ1) is 16.3. The van der Waals surface area contributed by atoms with Crippen LogP contribution in [0.5, 0.6) is 5.75 Å². The lowest BCUT2D eigenvalue weighted by molar-refractivity contribution is -0.136. The summed E-state index contributed by atoms with van der Waals surface area (Å²) < 4.78 is 5.41. The summed E-state index contributed by atoms with van der Waals surface area (Å²) in [5, 5.41) is 8.83. The molecule has 0 saturated carbocycles. The van der Waals surface area contributed by atoms with E-state index in [0.717, 1.165) is 12.0 Å². The average Bonchev–Trinajstić information content (AvgIpc) is 2.44. The number of carbonyl (C=O) groups is 2. The van der Waals surface area contributed by atoms with Crippen LogP contribution in [0.4, 0.5) is 5.69 Å². The lowest BCUT2D eigenvalue weighted by atomic mass is 9.97. The van der Waals surface area contributed by atoms with Crippen LogP contribution in [0.2, 0.25) is 0 Å². The highest BCUT2D eigenvalue weighted by atomic mass is 16.5. The standard InChI is InChI=1S/C16H22N2O4/c1-10(2)7-12(17)11-3-4-14-13(8-11)18(6-5-16(20)21)15(19)9-22-14/h3-4,8,10,12H,5-7,9,17H2,1-2H3,(H,20,21). The number of nitrogens with zero attached hydrogens (tertiary/aromatic N) is 1. The van der Waals surface area contributed by atoms with E-state index in [2.05, 4.69) is 13.8 Å². The molecule has 0 radical (unpaired) electrons. The Labute approximate surface area is 129 Å². The fourth-order valence-electron chi connectivity index (χ4n) is 2.55. The van der Waals surface area contributed by atoms with Crippen molar-refractivity contribution in [3.8, 4) is 5.75 Å². The number of fused-ring (bicyclic) bond motifs is 1. The summed E-state index contributed by atoms with van der Waals surface area (Å²) in [6.45, 7) is 4.27. The Balaban J connectivity index is 2.27. The molecule has 0 saturated heterocycles. The van der Waals surface area contributed by atoms with Crippen LogP contribution in [0, 0.1) is 5.92 Å². The Morgan fingerprint density at radius 1 is 1.45 bits per heavy atom. The molecule has 3 N–H and O–H groups in total. The van der Waals surface area contributed by atoms with Crippen molar-refractivity contribution in [2.24, 2.45) is 11.7 Å². The monoisotopic (exact) mass is 306 g/mol. The Morgan fingerprint density at radius 3 is 2.82 bits per heavy atom. The highest BCUT2D eigenvalue weighted by Crippen LogP contribution is 2.35. The minimum Gasteiger partial charge on any atom is -0.482 e. The topological polar surface area (TPSA) is 92.9 Å². The summed E-state index contributed by atoms with van der Waals surface area (Å²) in [6, 6.07) is 5.41. The minimum absolute atomic E-state index is 0.0655. The number of aliphatic carboxylic acids is 1. The number of rotatable bonds is 6. The maximum atomic E-state index is 12.0. The molecule has 0 bridgehead atoms. The molecule has 1 aliphatic rings. The third kappa shape index (κ3) is 3.76. The molecule has 6 nitrogen and oxygen atoms in total. The second-order valence-electron chi connectivity index (χ2n) is 5.94. The highest BCUT2D eigenvalue weighted by molar-refractivity contribution is 5.98. The second kappa shape index (κ2) is 6.79. The van der Waals surface area contributed by atoms with Crippen LogP contribution >= 0.6 is 0 Å². The second-order valence-corrected chi connectivity index (χ2v) is 5.94. The van der Waals surface area contributed by atoms with E-state index in [0.29, 0.717) is 17.4 Å². The zero-order valence-corrected chi connectivity index (χ0v) is 12.9. The SMILES string of the molecule is CC(C)CC(N)c1ccc2c(c1)N(CCC(=O)O)C(=O)CO2. The van der Waals surface area contributed by atoms with Crippen LogP contribution in [0.3, 0.4) is 0 Å². The largest absolute Gasteiger partial charge is 0.482 e. The lowest BCUT2D eigenvalue weighted by Gasteiger charge is -2.30. The number of ether oxygens (including phenoxy) is 1. The van der Waals surface area contributed by atoms with E-state index in [4.69, 9.17) is 15.6 Å². The van der Waals surface area contributed by atoms with Gasteiger partial charge in [-0.1, -0.05) is 19.9 Å². The molecule has 2 rings (SSSR count). The molecule has 0 spiro atoms. The van der Waals surface area contributed by atoms with Gasteiger partial charge in [0.2, 0.25) is 0 Å². The fourth-order valence-corrected chi connectivity index (χ4v) is 2.55. The fraction of sp³-hybridized carbons (Fsp3) is 0.500. The van der Waals surface area contributed by atoms with Crippen LogP contribution < -0.4 is 15.4 Å². The van der Waals surface area contributed by atoms with Crippen LogP contribution in [-0.2, 0) is 9.59 Å². The maximum absolute atomic E-state index is 12.0. The third-order valence-electron chi connectivity index (χ3n) is 3.63. The Kier molecular flexibility index (Phi) is 5.03. The molecule has 6 heteroatoms. The zero-order chi connectivity index (χ0) is 16.3. The Morgan fingerprint density at radius 2 is 2.18 bits per heavy atom. The zero-order valence-electron chi connectivity index (χ0n) is 12.9. The van der Waals surface area contributed by atoms with Crippen molar-refractivity contribution in [2.75, 3.05) is 18.1 Å². The number of nitrogens with two attached hydrogens (primary N) is 1. The van der Waals surface area contributed by atoms with Gasteiger partial charge in [0.15, 0.2) is 6.61 Å². The molecule has 0 aliphatic carbocycles. The molecule has 1 aromatic carbocycles. The molecular weight excluding hydrogens is 284 g/mol. The molecule has 0 fully saturated rings. The van der Waals surface area contributed by atoms with Gasteiger partial charge < -0.3 is 20.5 Å². The Bertz CT molecular complexity index is 571.